The van der Waals surface area contributed by atoms with Gasteiger partial charge in [-0.1, -0.05) is 26.7 Å². The zero-order chi connectivity index (χ0) is 15.3. The fraction of sp³-hybridized carbons (Fsp3) is 0.571. The Morgan fingerprint density at radius 2 is 1.75 bits per heavy atom. The van der Waals surface area contributed by atoms with Crippen molar-refractivity contribution < 1.29 is 13.7 Å². The minimum Gasteiger partial charge on any atom is -0.378 e. The van der Waals surface area contributed by atoms with Gasteiger partial charge in [-0.15, -0.1) is 0 Å². The summed E-state index contributed by atoms with van der Waals surface area (Å²) < 4.78 is 27.4. The highest BCUT2D eigenvalue weighted by Crippen LogP contribution is 2.26. The second-order valence-electron chi connectivity index (χ2n) is 5.41. The highest BCUT2D eigenvalue weighted by Gasteiger charge is 2.18. The molecule has 0 fully saturated rings. The molecule has 0 aliphatic heterocycles. The number of rotatable bonds is 7. The lowest BCUT2D eigenvalue weighted by Gasteiger charge is -2.16. The van der Waals surface area contributed by atoms with E-state index in [2.05, 4.69) is 19.2 Å². The van der Waals surface area contributed by atoms with Crippen molar-refractivity contribution >= 4 is 11.4 Å². The van der Waals surface area contributed by atoms with E-state index in [9.17, 15) is 18.9 Å². The minimum atomic E-state index is -0.938. The molecule has 0 radical (unpaired) electrons. The molecular formula is C14H20F2N2O2. The summed E-state index contributed by atoms with van der Waals surface area (Å²) in [6.07, 6.45) is 2.80. The van der Waals surface area contributed by atoms with E-state index in [-0.39, 0.29) is 11.7 Å². The van der Waals surface area contributed by atoms with Crippen LogP contribution in [0.4, 0.5) is 20.2 Å². The van der Waals surface area contributed by atoms with Crippen LogP contribution in [0.2, 0.25) is 0 Å². The highest BCUT2D eigenvalue weighted by atomic mass is 19.1. The Labute approximate surface area is 117 Å². The van der Waals surface area contributed by atoms with Gasteiger partial charge >= 0.3 is 0 Å². The lowest BCUT2D eigenvalue weighted by molar-refractivity contribution is -0.385. The first-order valence-corrected chi connectivity index (χ1v) is 6.71. The van der Waals surface area contributed by atoms with Gasteiger partial charge in [-0.2, -0.15) is 0 Å². The predicted octanol–water partition coefficient (Wildman–Crippen LogP) is 4.50. The molecule has 1 unspecified atom stereocenters. The Balaban J connectivity index is 2.70. The predicted molar refractivity (Wildman–Crippen MR) is 74.8 cm³/mol. The average Bonchev–Trinajstić information content (AvgIpc) is 2.32. The molecule has 0 aliphatic rings. The van der Waals surface area contributed by atoms with Gasteiger partial charge in [0, 0.05) is 6.04 Å². The van der Waals surface area contributed by atoms with Gasteiger partial charge in [-0.05, 0) is 19.3 Å². The minimum absolute atomic E-state index is 0.0980. The van der Waals surface area contributed by atoms with Gasteiger partial charge in [0.2, 0.25) is 0 Å². The maximum absolute atomic E-state index is 13.7. The van der Waals surface area contributed by atoms with Crippen molar-refractivity contribution in [2.45, 2.75) is 46.1 Å². The Morgan fingerprint density at radius 3 is 2.20 bits per heavy atom. The van der Waals surface area contributed by atoms with E-state index >= 15 is 0 Å². The molecule has 1 atom stereocenters. The molecule has 0 saturated carbocycles. The summed E-state index contributed by atoms with van der Waals surface area (Å²) in [7, 11) is 0. The molecular weight excluding hydrogens is 266 g/mol. The smallest absolute Gasteiger partial charge is 0.275 e. The normalized spacial score (nSPS) is 12.5. The van der Waals surface area contributed by atoms with Crippen LogP contribution in [-0.2, 0) is 0 Å². The maximum Gasteiger partial charge on any atom is 0.275 e. The number of nitro benzene ring substituents is 1. The van der Waals surface area contributed by atoms with Crippen molar-refractivity contribution in [3.05, 3.63) is 33.9 Å². The monoisotopic (exact) mass is 286 g/mol. The molecule has 0 aromatic heterocycles. The molecule has 1 rings (SSSR count). The van der Waals surface area contributed by atoms with E-state index in [4.69, 9.17) is 0 Å². The van der Waals surface area contributed by atoms with Crippen LogP contribution < -0.4 is 5.32 Å². The molecule has 1 aromatic carbocycles. The number of hydrogen-bond donors (Lipinski definition) is 1. The molecule has 0 aliphatic carbocycles. The summed E-state index contributed by atoms with van der Waals surface area (Å²) in [5.74, 6) is -1.28. The SMILES string of the molecule is CC(C)CCCC(C)Nc1c(F)cc([N+](=O)[O-])cc1F. The van der Waals surface area contributed by atoms with E-state index in [1.54, 1.807) is 0 Å². The molecule has 0 spiro atoms. The molecule has 1 aromatic rings. The number of hydrogen-bond acceptors (Lipinski definition) is 3. The van der Waals surface area contributed by atoms with Crippen LogP contribution >= 0.6 is 0 Å². The third-order valence-electron chi connectivity index (χ3n) is 3.05. The average molecular weight is 286 g/mol. The van der Waals surface area contributed by atoms with Crippen molar-refractivity contribution in [1.82, 2.24) is 0 Å². The molecule has 20 heavy (non-hydrogen) atoms. The van der Waals surface area contributed by atoms with Gasteiger partial charge in [-0.3, -0.25) is 10.1 Å². The number of nitrogens with one attached hydrogen (secondary N) is 1. The first-order chi connectivity index (χ1) is 9.31. The number of nitro groups is 1. The maximum atomic E-state index is 13.7. The number of nitrogens with zero attached hydrogens (tertiary/aromatic N) is 1. The molecule has 112 valence electrons. The van der Waals surface area contributed by atoms with E-state index in [0.717, 1.165) is 31.4 Å². The van der Waals surface area contributed by atoms with Gasteiger partial charge < -0.3 is 5.32 Å². The zero-order valence-corrected chi connectivity index (χ0v) is 12.0. The third kappa shape index (κ3) is 4.75. The first-order valence-electron chi connectivity index (χ1n) is 6.71. The highest BCUT2D eigenvalue weighted by molar-refractivity contribution is 5.52. The van der Waals surface area contributed by atoms with Crippen LogP contribution in [0.3, 0.4) is 0 Å². The van der Waals surface area contributed by atoms with Crippen molar-refractivity contribution in [2.75, 3.05) is 5.32 Å². The standard InChI is InChI=1S/C14H20F2N2O2/c1-9(2)5-4-6-10(3)17-14-12(15)7-11(18(19)20)8-13(14)16/h7-10,17H,4-6H2,1-3H3. The number of benzene rings is 1. The Kier molecular flexibility index (Phi) is 5.85. The third-order valence-corrected chi connectivity index (χ3v) is 3.05. The van der Waals surface area contributed by atoms with Crippen LogP contribution in [0.25, 0.3) is 0 Å². The van der Waals surface area contributed by atoms with E-state index in [1.165, 1.54) is 0 Å². The van der Waals surface area contributed by atoms with Crippen molar-refractivity contribution in [1.29, 1.82) is 0 Å². The molecule has 4 nitrogen and oxygen atoms in total. The summed E-state index contributed by atoms with van der Waals surface area (Å²) in [5, 5.41) is 13.2. The molecule has 6 heteroatoms. The summed E-state index contributed by atoms with van der Waals surface area (Å²) in [4.78, 5) is 9.68. The van der Waals surface area contributed by atoms with Crippen LogP contribution in [0.1, 0.15) is 40.0 Å². The lowest BCUT2D eigenvalue weighted by atomic mass is 10.0. The van der Waals surface area contributed by atoms with Crippen LogP contribution in [0, 0.1) is 27.7 Å². The van der Waals surface area contributed by atoms with Gasteiger partial charge in [0.1, 0.15) is 5.69 Å². The van der Waals surface area contributed by atoms with E-state index in [1.807, 2.05) is 6.92 Å². The van der Waals surface area contributed by atoms with Gasteiger partial charge in [0.25, 0.3) is 5.69 Å². The van der Waals surface area contributed by atoms with Crippen LogP contribution in [-0.4, -0.2) is 11.0 Å². The Bertz CT molecular complexity index is 455. The Morgan fingerprint density at radius 1 is 1.20 bits per heavy atom. The molecule has 1 N–H and O–H groups in total. The van der Waals surface area contributed by atoms with Crippen LogP contribution in [0.15, 0.2) is 12.1 Å². The first kappa shape index (κ1) is 16.3. The Hall–Kier alpha value is -1.72. The number of halogens is 2. The second kappa shape index (κ2) is 7.17. The quantitative estimate of drug-likeness (QED) is 0.593. The fourth-order valence-electron chi connectivity index (χ4n) is 1.95. The summed E-state index contributed by atoms with van der Waals surface area (Å²) >= 11 is 0. The zero-order valence-electron chi connectivity index (χ0n) is 12.0. The fourth-order valence-corrected chi connectivity index (χ4v) is 1.95. The van der Waals surface area contributed by atoms with Crippen molar-refractivity contribution in [3.63, 3.8) is 0 Å². The molecule has 0 amide bonds. The topological polar surface area (TPSA) is 55.2 Å². The largest absolute Gasteiger partial charge is 0.378 e. The van der Waals surface area contributed by atoms with E-state index in [0.29, 0.717) is 5.92 Å². The van der Waals surface area contributed by atoms with Gasteiger partial charge in [0.05, 0.1) is 17.1 Å². The summed E-state index contributed by atoms with van der Waals surface area (Å²) in [6, 6.07) is 1.36. The van der Waals surface area contributed by atoms with E-state index < -0.39 is 22.2 Å². The van der Waals surface area contributed by atoms with Crippen LogP contribution in [0.5, 0.6) is 0 Å². The lowest BCUT2D eigenvalue weighted by Crippen LogP contribution is -2.17. The summed E-state index contributed by atoms with van der Waals surface area (Å²) in [5.41, 5.74) is -0.884. The molecule has 0 heterocycles. The van der Waals surface area contributed by atoms with Crippen molar-refractivity contribution in [3.8, 4) is 0 Å². The van der Waals surface area contributed by atoms with Gasteiger partial charge in [0.15, 0.2) is 11.6 Å². The summed E-state index contributed by atoms with van der Waals surface area (Å²) in [6.45, 7) is 6.07. The van der Waals surface area contributed by atoms with Gasteiger partial charge in [-0.25, -0.2) is 8.78 Å². The number of anilines is 1. The number of non-ortho nitro benzene ring substituents is 1. The second-order valence-corrected chi connectivity index (χ2v) is 5.41. The van der Waals surface area contributed by atoms with Crippen molar-refractivity contribution in [2.24, 2.45) is 5.92 Å². The molecule has 0 bridgehead atoms. The molecule has 0 saturated heterocycles.